The molecule has 21 heteroatoms. The Morgan fingerprint density at radius 1 is 0.429 bits per heavy atom. The standard InChI is InChI=1S/C28H25F21/c1-2-11-3-5-12(6-4-11)13-7-9-14(10-8-13)15-17(29)19(31)16(20(32)18(15)30)21(33,34)22(35,36)23(37,38)24(39,40)25(41,42)26(43,44)27(45,46)28(47,48)49/h11-14H,2-10H2,1H3. The van der Waals surface area contributed by atoms with Crippen molar-refractivity contribution in [3.8, 4) is 0 Å². The number of benzene rings is 1. The fourth-order valence-electron chi connectivity index (χ4n) is 6.55. The lowest BCUT2D eigenvalue weighted by molar-refractivity contribution is -0.463. The molecule has 1 aromatic rings. The van der Waals surface area contributed by atoms with Crippen LogP contribution < -0.4 is 0 Å². The van der Waals surface area contributed by atoms with Crippen molar-refractivity contribution in [1.82, 2.24) is 0 Å². The van der Waals surface area contributed by atoms with E-state index in [9.17, 15) is 92.2 Å². The van der Waals surface area contributed by atoms with E-state index in [4.69, 9.17) is 0 Å². The predicted octanol–water partition coefficient (Wildman–Crippen LogP) is 12.2. The van der Waals surface area contributed by atoms with Gasteiger partial charge in [0.1, 0.15) is 5.56 Å². The van der Waals surface area contributed by atoms with E-state index in [1.807, 2.05) is 6.92 Å². The summed E-state index contributed by atoms with van der Waals surface area (Å²) in [6.07, 6.45) is -3.91. The first-order valence-electron chi connectivity index (χ1n) is 14.5. The summed E-state index contributed by atoms with van der Waals surface area (Å²) < 4.78 is 291. The Labute approximate surface area is 263 Å². The van der Waals surface area contributed by atoms with Gasteiger partial charge in [-0.25, -0.2) is 17.6 Å². The lowest BCUT2D eigenvalue weighted by Crippen LogP contribution is -2.74. The molecule has 0 amide bonds. The van der Waals surface area contributed by atoms with Crippen molar-refractivity contribution in [2.75, 3.05) is 0 Å². The molecule has 0 aromatic heterocycles. The van der Waals surface area contributed by atoms with Crippen LogP contribution in [0.2, 0.25) is 0 Å². The highest BCUT2D eigenvalue weighted by atomic mass is 19.4. The van der Waals surface area contributed by atoms with Gasteiger partial charge >= 0.3 is 47.6 Å². The molecule has 0 N–H and O–H groups in total. The average Bonchev–Trinajstić information content (AvgIpc) is 2.99. The van der Waals surface area contributed by atoms with Gasteiger partial charge < -0.3 is 0 Å². The third-order valence-corrected chi connectivity index (χ3v) is 9.65. The van der Waals surface area contributed by atoms with Gasteiger partial charge in [0, 0.05) is 5.56 Å². The third-order valence-electron chi connectivity index (χ3n) is 9.65. The fraction of sp³-hybridized carbons (Fsp3) is 0.786. The molecule has 0 aliphatic heterocycles. The Hall–Kier alpha value is -2.25. The molecule has 2 aliphatic rings. The Balaban J connectivity index is 2.02. The Morgan fingerprint density at radius 3 is 1.10 bits per heavy atom. The van der Waals surface area contributed by atoms with Gasteiger partial charge in [-0.15, -0.1) is 0 Å². The zero-order valence-electron chi connectivity index (χ0n) is 24.6. The second-order valence-corrected chi connectivity index (χ2v) is 12.4. The second kappa shape index (κ2) is 12.8. The highest BCUT2D eigenvalue weighted by Crippen LogP contribution is 2.65. The van der Waals surface area contributed by atoms with Crippen LogP contribution in [0.25, 0.3) is 0 Å². The SMILES string of the molecule is CCC1CCC(C2CCC(c3c(F)c(F)c(C(F)(F)C(F)(F)C(F)(F)C(F)(F)C(F)(F)C(F)(F)C(F)(F)C(F)(F)F)c(F)c3F)CC2)CC1. The van der Waals surface area contributed by atoms with E-state index < -0.39 is 87.9 Å². The summed E-state index contributed by atoms with van der Waals surface area (Å²) in [7, 11) is 0. The maximum atomic E-state index is 15.0. The number of halogens is 21. The molecular weight excluding hydrogens is 735 g/mol. The van der Waals surface area contributed by atoms with Crippen molar-refractivity contribution in [1.29, 1.82) is 0 Å². The summed E-state index contributed by atoms with van der Waals surface area (Å²) in [4.78, 5) is 0. The summed E-state index contributed by atoms with van der Waals surface area (Å²) in [6.45, 7) is 1.99. The Morgan fingerprint density at radius 2 is 0.755 bits per heavy atom. The van der Waals surface area contributed by atoms with Gasteiger partial charge in [-0.05, 0) is 62.2 Å². The number of alkyl halides is 17. The summed E-state index contributed by atoms with van der Waals surface area (Å²) in [5, 5.41) is 0. The lowest BCUT2D eigenvalue weighted by Gasteiger charge is -2.43. The topological polar surface area (TPSA) is 0 Å². The van der Waals surface area contributed by atoms with Gasteiger partial charge in [0.15, 0.2) is 23.3 Å². The summed E-state index contributed by atoms with van der Waals surface area (Å²) in [5.41, 5.74) is -5.81. The first-order chi connectivity index (χ1) is 21.9. The fourth-order valence-corrected chi connectivity index (χ4v) is 6.55. The Bertz CT molecular complexity index is 1320. The summed E-state index contributed by atoms with van der Waals surface area (Å²) >= 11 is 0. The molecule has 284 valence electrons. The largest absolute Gasteiger partial charge is 0.460 e. The monoisotopic (exact) mass is 760 g/mol. The van der Waals surface area contributed by atoms with E-state index in [2.05, 4.69) is 0 Å². The zero-order valence-corrected chi connectivity index (χ0v) is 24.6. The molecule has 0 radical (unpaired) electrons. The first-order valence-corrected chi connectivity index (χ1v) is 14.5. The molecule has 0 spiro atoms. The third kappa shape index (κ3) is 6.01. The van der Waals surface area contributed by atoms with E-state index in [1.165, 1.54) is 0 Å². The minimum Gasteiger partial charge on any atom is -0.203 e. The van der Waals surface area contributed by atoms with E-state index in [0.717, 1.165) is 32.1 Å². The first kappa shape index (κ1) is 41.2. The smallest absolute Gasteiger partial charge is 0.203 e. The molecule has 0 nitrogen and oxygen atoms in total. The van der Waals surface area contributed by atoms with Crippen LogP contribution in [0.15, 0.2) is 0 Å². The van der Waals surface area contributed by atoms with E-state index in [1.54, 1.807) is 0 Å². The highest BCUT2D eigenvalue weighted by Gasteiger charge is 2.95. The molecular formula is C28H25F21. The highest BCUT2D eigenvalue weighted by molar-refractivity contribution is 5.37. The zero-order chi connectivity index (χ0) is 38.1. The van der Waals surface area contributed by atoms with Crippen molar-refractivity contribution >= 4 is 0 Å². The van der Waals surface area contributed by atoms with Crippen LogP contribution in [-0.2, 0) is 5.92 Å². The molecule has 0 bridgehead atoms. The Kier molecular flexibility index (Phi) is 10.7. The molecule has 2 fully saturated rings. The minimum atomic E-state index is -9.02. The van der Waals surface area contributed by atoms with Crippen molar-refractivity contribution in [3.05, 3.63) is 34.4 Å². The van der Waals surface area contributed by atoms with Gasteiger partial charge in [-0.3, -0.25) is 0 Å². The van der Waals surface area contributed by atoms with Crippen LogP contribution in [0.3, 0.4) is 0 Å². The molecule has 0 unspecified atom stereocenters. The van der Waals surface area contributed by atoms with Crippen LogP contribution in [0, 0.1) is 41.0 Å². The number of hydrogen-bond donors (Lipinski definition) is 0. The molecule has 0 atom stereocenters. The van der Waals surface area contributed by atoms with E-state index in [-0.39, 0.29) is 37.5 Å². The van der Waals surface area contributed by atoms with Crippen LogP contribution in [0.5, 0.6) is 0 Å². The second-order valence-electron chi connectivity index (χ2n) is 12.4. The normalized spacial score (nSPS) is 24.4. The van der Waals surface area contributed by atoms with Gasteiger partial charge in [-0.2, -0.15) is 74.6 Å². The lowest BCUT2D eigenvalue weighted by atomic mass is 9.68. The van der Waals surface area contributed by atoms with Crippen molar-refractivity contribution in [2.24, 2.45) is 17.8 Å². The van der Waals surface area contributed by atoms with Gasteiger partial charge in [0.25, 0.3) is 0 Å². The molecule has 3 rings (SSSR count). The van der Waals surface area contributed by atoms with Crippen molar-refractivity contribution in [3.63, 3.8) is 0 Å². The molecule has 49 heavy (non-hydrogen) atoms. The van der Waals surface area contributed by atoms with Crippen LogP contribution in [0.4, 0.5) is 92.2 Å². The minimum absolute atomic E-state index is 0.0531. The van der Waals surface area contributed by atoms with Gasteiger partial charge in [-0.1, -0.05) is 26.2 Å². The number of rotatable bonds is 10. The quantitative estimate of drug-likeness (QED) is 0.165. The average molecular weight is 760 g/mol. The molecule has 0 saturated heterocycles. The molecule has 1 aromatic carbocycles. The van der Waals surface area contributed by atoms with Crippen molar-refractivity contribution in [2.45, 2.75) is 118 Å². The molecule has 0 heterocycles. The number of hydrogen-bond acceptors (Lipinski definition) is 0. The summed E-state index contributed by atoms with van der Waals surface area (Å²) in [6, 6.07) is 0. The maximum Gasteiger partial charge on any atom is 0.460 e. The molecule has 2 saturated carbocycles. The van der Waals surface area contributed by atoms with Crippen molar-refractivity contribution < 1.29 is 92.2 Å². The van der Waals surface area contributed by atoms with Crippen LogP contribution >= 0.6 is 0 Å². The maximum absolute atomic E-state index is 15.0. The molecule has 2 aliphatic carbocycles. The predicted molar refractivity (Wildman–Crippen MR) is 126 cm³/mol. The van der Waals surface area contributed by atoms with Crippen LogP contribution in [0.1, 0.15) is 81.8 Å². The van der Waals surface area contributed by atoms with Crippen LogP contribution in [-0.4, -0.2) is 41.7 Å². The summed E-state index contributed by atoms with van der Waals surface area (Å²) in [5.74, 6) is -74.5. The van der Waals surface area contributed by atoms with Gasteiger partial charge in [0.2, 0.25) is 0 Å². The van der Waals surface area contributed by atoms with E-state index >= 15 is 0 Å². The van der Waals surface area contributed by atoms with Gasteiger partial charge in [0.05, 0.1) is 0 Å². The van der Waals surface area contributed by atoms with E-state index in [0.29, 0.717) is 5.92 Å².